The Morgan fingerprint density at radius 2 is 1.97 bits per heavy atom. The Bertz CT molecular complexity index is 1220. The Kier molecular flexibility index (Phi) is 6.78. The summed E-state index contributed by atoms with van der Waals surface area (Å²) < 4.78 is 11.7. The molecule has 0 bridgehead atoms. The predicted octanol–water partition coefficient (Wildman–Crippen LogP) is 0.983. The van der Waals surface area contributed by atoms with Crippen molar-refractivity contribution in [1.29, 1.82) is 0 Å². The van der Waals surface area contributed by atoms with Crippen molar-refractivity contribution in [3.8, 4) is 12.3 Å². The molecule has 4 rings (SSSR count). The van der Waals surface area contributed by atoms with Gasteiger partial charge in [-0.25, -0.2) is 19.6 Å². The Morgan fingerprint density at radius 1 is 1.28 bits per heavy atom. The average Bonchev–Trinajstić information content (AvgIpc) is 3.46. The number of terminal acetylenes is 1. The number of aromatic nitrogens is 2. The first-order valence-corrected chi connectivity index (χ1v) is 11.1. The molecule has 2 unspecified atom stereocenters. The van der Waals surface area contributed by atoms with Crippen LogP contribution in [0.1, 0.15) is 29.5 Å². The normalized spacial score (nSPS) is 20.9. The van der Waals surface area contributed by atoms with Crippen LogP contribution in [0.5, 0.6) is 0 Å². The fourth-order valence-corrected chi connectivity index (χ4v) is 4.26. The molecular formula is C24H25N5O7. The molecule has 2 aromatic rings. The number of fused-ring (bicyclic) bond motifs is 1. The van der Waals surface area contributed by atoms with E-state index in [2.05, 4.69) is 21.2 Å². The highest BCUT2D eigenvalue weighted by Crippen LogP contribution is 2.39. The minimum Gasteiger partial charge on any atom is -0.479 e. The third-order valence-electron chi connectivity index (χ3n) is 6.21. The number of carbonyl (C=O) groups is 3. The highest BCUT2D eigenvalue weighted by Gasteiger charge is 2.50. The molecular weight excluding hydrogens is 470 g/mol. The molecule has 0 saturated carbocycles. The van der Waals surface area contributed by atoms with Gasteiger partial charge in [0, 0.05) is 19.8 Å². The molecule has 0 radical (unpaired) electrons. The Morgan fingerprint density at radius 3 is 2.58 bits per heavy atom. The average molecular weight is 495 g/mol. The highest BCUT2D eigenvalue weighted by molar-refractivity contribution is 6.02. The number of hydrogen-bond acceptors (Lipinski definition) is 10. The molecule has 1 fully saturated rings. The minimum atomic E-state index is -2.53. The number of nitrogens with two attached hydrogens (primary N) is 1. The van der Waals surface area contributed by atoms with Gasteiger partial charge < -0.3 is 35.6 Å². The van der Waals surface area contributed by atoms with Gasteiger partial charge in [-0.3, -0.25) is 4.79 Å². The molecule has 3 heterocycles. The van der Waals surface area contributed by atoms with Crippen molar-refractivity contribution in [2.45, 2.75) is 37.7 Å². The minimum absolute atomic E-state index is 0.0417. The summed E-state index contributed by atoms with van der Waals surface area (Å²) in [6, 6.07) is 8.34. The molecule has 1 aromatic heterocycles. The summed E-state index contributed by atoms with van der Waals surface area (Å²) in [6.07, 6.45) is 4.25. The maximum Gasteiger partial charge on any atom is 0.348 e. The van der Waals surface area contributed by atoms with Crippen molar-refractivity contribution in [2.75, 3.05) is 29.2 Å². The predicted molar refractivity (Wildman–Crippen MR) is 127 cm³/mol. The van der Waals surface area contributed by atoms with E-state index in [0.29, 0.717) is 23.5 Å². The third-order valence-corrected chi connectivity index (χ3v) is 6.21. The lowest BCUT2D eigenvalue weighted by Gasteiger charge is -2.28. The van der Waals surface area contributed by atoms with E-state index in [1.807, 2.05) is 0 Å². The van der Waals surface area contributed by atoms with Gasteiger partial charge in [0.2, 0.25) is 0 Å². The molecule has 2 aliphatic heterocycles. The number of hydrogen-bond donors (Lipinski definition) is 4. The number of carboxylic acid groups (broad SMARTS) is 2. The van der Waals surface area contributed by atoms with Gasteiger partial charge in [0.05, 0.1) is 25.3 Å². The second kappa shape index (κ2) is 9.80. The number of anilines is 3. The lowest BCUT2D eigenvalue weighted by atomic mass is 9.94. The van der Waals surface area contributed by atoms with Crippen molar-refractivity contribution in [2.24, 2.45) is 5.92 Å². The first kappa shape index (κ1) is 24.9. The van der Waals surface area contributed by atoms with Crippen LogP contribution in [0.25, 0.3) is 0 Å². The quantitative estimate of drug-likeness (QED) is 0.221. The molecule has 12 nitrogen and oxygen atoms in total. The Hall–Kier alpha value is -4.21. The molecule has 188 valence electrons. The van der Waals surface area contributed by atoms with E-state index in [1.54, 1.807) is 35.2 Å². The van der Waals surface area contributed by atoms with Crippen molar-refractivity contribution in [3.63, 3.8) is 0 Å². The number of carbonyl (C=O) groups excluding carboxylic acids is 1. The number of benzene rings is 1. The van der Waals surface area contributed by atoms with Crippen LogP contribution in [0.2, 0.25) is 0 Å². The summed E-state index contributed by atoms with van der Waals surface area (Å²) in [5.41, 5.74) is 4.39. The maximum atomic E-state index is 12.1. The van der Waals surface area contributed by atoms with Gasteiger partial charge in [-0.1, -0.05) is 30.3 Å². The SMILES string of the molecule is C#C[C@@H]1CC(N2CNc3c(N)nc(C(C)=O)nc32)OC1COC(Cc1ccccc1)(C(=O)O)C(=O)O. The van der Waals surface area contributed by atoms with Gasteiger partial charge >= 0.3 is 11.9 Å². The van der Waals surface area contributed by atoms with Crippen molar-refractivity contribution in [1.82, 2.24) is 9.97 Å². The first-order valence-electron chi connectivity index (χ1n) is 11.1. The second-order valence-corrected chi connectivity index (χ2v) is 8.54. The smallest absolute Gasteiger partial charge is 0.348 e. The number of aliphatic carboxylic acids is 2. The van der Waals surface area contributed by atoms with E-state index >= 15 is 0 Å². The van der Waals surface area contributed by atoms with Gasteiger partial charge in [0.25, 0.3) is 5.60 Å². The van der Waals surface area contributed by atoms with Gasteiger partial charge in [0.15, 0.2) is 23.2 Å². The molecule has 0 amide bonds. The standard InChI is InChI=1S/C24H25N5O7/c1-3-15-9-17(29-12-26-18-19(25)27-20(13(2)30)28-21(18)29)36-16(15)11-35-24(22(31)32,23(33)34)10-14-7-5-4-6-8-14/h1,4-8,15-17,26H,9-12H2,2H3,(H,31,32)(H,33,34)(H2,25,27,28)/t15-,16?,17?/m1/s1. The van der Waals surface area contributed by atoms with Crippen LogP contribution in [0.3, 0.4) is 0 Å². The van der Waals surface area contributed by atoms with Crippen molar-refractivity contribution in [3.05, 3.63) is 41.7 Å². The number of nitrogens with one attached hydrogen (secondary N) is 1. The largest absolute Gasteiger partial charge is 0.479 e. The van der Waals surface area contributed by atoms with E-state index in [9.17, 15) is 24.6 Å². The van der Waals surface area contributed by atoms with E-state index < -0.39 is 35.8 Å². The number of Topliss-reactive ketones (excluding diaryl/α,β-unsaturated/α-hetero) is 1. The zero-order valence-corrected chi connectivity index (χ0v) is 19.4. The van der Waals surface area contributed by atoms with E-state index in [-0.39, 0.29) is 37.1 Å². The van der Waals surface area contributed by atoms with Gasteiger partial charge in [0.1, 0.15) is 11.9 Å². The summed E-state index contributed by atoms with van der Waals surface area (Å²) in [5, 5.41) is 22.7. The van der Waals surface area contributed by atoms with Gasteiger partial charge in [-0.2, -0.15) is 0 Å². The Labute approximate surface area is 206 Å². The molecule has 3 atom stereocenters. The van der Waals surface area contributed by atoms with E-state index in [1.165, 1.54) is 6.92 Å². The fourth-order valence-electron chi connectivity index (χ4n) is 4.26. The molecule has 12 heteroatoms. The van der Waals surface area contributed by atoms with Crippen LogP contribution in [-0.4, -0.2) is 69.1 Å². The number of ketones is 1. The van der Waals surface area contributed by atoms with Gasteiger partial charge in [-0.15, -0.1) is 12.3 Å². The monoisotopic (exact) mass is 495 g/mol. The molecule has 0 aliphatic carbocycles. The lowest BCUT2D eigenvalue weighted by Crippen LogP contribution is -2.52. The summed E-state index contributed by atoms with van der Waals surface area (Å²) in [6.45, 7) is 1.22. The molecule has 36 heavy (non-hydrogen) atoms. The summed E-state index contributed by atoms with van der Waals surface area (Å²) >= 11 is 0. The second-order valence-electron chi connectivity index (χ2n) is 8.54. The van der Waals surface area contributed by atoms with Crippen LogP contribution in [-0.2, 0) is 25.5 Å². The zero-order chi connectivity index (χ0) is 26.0. The summed E-state index contributed by atoms with van der Waals surface area (Å²) in [7, 11) is 0. The van der Waals surface area contributed by atoms with Crippen LogP contribution < -0.4 is 16.0 Å². The van der Waals surface area contributed by atoms with Gasteiger partial charge in [-0.05, 0) is 5.56 Å². The van der Waals surface area contributed by atoms with E-state index in [0.717, 1.165) is 0 Å². The molecule has 5 N–H and O–H groups in total. The number of nitrogens with zero attached hydrogens (tertiary/aromatic N) is 3. The van der Waals surface area contributed by atoms with Crippen molar-refractivity contribution >= 4 is 35.0 Å². The topological polar surface area (TPSA) is 177 Å². The van der Waals surface area contributed by atoms with Crippen molar-refractivity contribution < 1.29 is 34.1 Å². The van der Waals surface area contributed by atoms with Crippen LogP contribution in [0.4, 0.5) is 17.3 Å². The molecule has 0 spiro atoms. The summed E-state index contributed by atoms with van der Waals surface area (Å²) in [5.74, 6) is -1.04. The van der Waals surface area contributed by atoms with Crippen LogP contribution >= 0.6 is 0 Å². The number of ether oxygens (including phenoxy) is 2. The first-order chi connectivity index (χ1) is 17.2. The Balaban J connectivity index is 1.54. The van der Waals surface area contributed by atoms with E-state index in [4.69, 9.17) is 21.6 Å². The molecule has 1 aromatic carbocycles. The number of nitrogen functional groups attached to an aromatic ring is 1. The third kappa shape index (κ3) is 4.53. The van der Waals surface area contributed by atoms with Crippen LogP contribution in [0.15, 0.2) is 30.3 Å². The lowest BCUT2D eigenvalue weighted by molar-refractivity contribution is -0.188. The highest BCUT2D eigenvalue weighted by atomic mass is 16.6. The molecule has 2 aliphatic rings. The zero-order valence-electron chi connectivity index (χ0n) is 19.4. The van der Waals surface area contributed by atoms with Crippen LogP contribution in [0, 0.1) is 18.3 Å². The maximum absolute atomic E-state index is 12.1. The summed E-state index contributed by atoms with van der Waals surface area (Å²) in [4.78, 5) is 46.0. The molecule has 1 saturated heterocycles. The number of carboxylic acids is 2. The number of rotatable bonds is 9. The fraction of sp³-hybridized carbons (Fsp3) is 0.375.